The average molecular weight is 300 g/mol. The number of nitrogens with one attached hydrogen (secondary N) is 1. The van der Waals surface area contributed by atoms with Crippen molar-refractivity contribution in [2.75, 3.05) is 0 Å². The van der Waals surface area contributed by atoms with E-state index in [0.29, 0.717) is 12.2 Å². The number of hydrogen-bond acceptors (Lipinski definition) is 4. The van der Waals surface area contributed by atoms with E-state index in [1.807, 2.05) is 6.07 Å². The third-order valence-corrected chi connectivity index (χ3v) is 3.91. The fourth-order valence-corrected chi connectivity index (χ4v) is 2.67. The number of rotatable bonds is 5. The van der Waals surface area contributed by atoms with E-state index in [2.05, 4.69) is 22.6 Å². The van der Waals surface area contributed by atoms with Crippen molar-refractivity contribution in [1.82, 2.24) is 10.5 Å². The molecule has 0 saturated heterocycles. The zero-order chi connectivity index (χ0) is 15.6. The Morgan fingerprint density at radius 2 is 2.14 bits per heavy atom. The highest BCUT2D eigenvalue weighted by Gasteiger charge is 2.30. The predicted molar refractivity (Wildman–Crippen MR) is 81.5 cm³/mol. The van der Waals surface area contributed by atoms with Gasteiger partial charge < -0.3 is 14.6 Å². The summed E-state index contributed by atoms with van der Waals surface area (Å²) in [6, 6.07) is 7.81. The second-order valence-corrected chi connectivity index (χ2v) is 6.07. The average Bonchev–Trinajstić information content (AvgIpc) is 3.14. The first-order chi connectivity index (χ1) is 10.5. The fraction of sp³-hybridized carbons (Fsp3) is 0.412. The highest BCUT2D eigenvalue weighted by atomic mass is 16.5. The first-order valence-corrected chi connectivity index (χ1v) is 7.53. The van der Waals surface area contributed by atoms with Crippen LogP contribution < -0.4 is 10.1 Å². The first kappa shape index (κ1) is 14.6. The Bertz CT molecular complexity index is 663. The van der Waals surface area contributed by atoms with Crippen LogP contribution in [0.2, 0.25) is 0 Å². The molecule has 2 aromatic rings. The van der Waals surface area contributed by atoms with Gasteiger partial charge in [-0.15, -0.1) is 0 Å². The van der Waals surface area contributed by atoms with Gasteiger partial charge in [0.1, 0.15) is 17.7 Å². The van der Waals surface area contributed by atoms with Gasteiger partial charge in [-0.25, -0.2) is 0 Å². The summed E-state index contributed by atoms with van der Waals surface area (Å²) >= 11 is 0. The molecular formula is C17H20N2O3. The maximum Gasteiger partial charge on any atom is 0.263 e. The van der Waals surface area contributed by atoms with Gasteiger partial charge in [-0.1, -0.05) is 11.2 Å². The smallest absolute Gasteiger partial charge is 0.263 e. The SMILES string of the molecule is CC(C)(Oc1ccc2c(c1)CCC2)C(=O)NCc1ccon1. The number of fused-ring (bicyclic) bond motifs is 1. The molecule has 0 atom stereocenters. The monoisotopic (exact) mass is 300 g/mol. The van der Waals surface area contributed by atoms with Crippen molar-refractivity contribution in [2.45, 2.75) is 45.3 Å². The summed E-state index contributed by atoms with van der Waals surface area (Å²) in [5, 5.41) is 6.57. The summed E-state index contributed by atoms with van der Waals surface area (Å²) in [5.41, 5.74) is 2.45. The molecule has 0 spiro atoms. The standard InChI is InChI=1S/C17H20N2O3/c1-17(2,16(20)18-11-14-8-9-21-19-14)22-15-7-6-12-4-3-5-13(12)10-15/h6-10H,3-5,11H2,1-2H3,(H,18,20). The number of carbonyl (C=O) groups excluding carboxylic acids is 1. The maximum absolute atomic E-state index is 12.3. The molecule has 1 aliphatic carbocycles. The van der Waals surface area contributed by atoms with Crippen LogP contribution >= 0.6 is 0 Å². The van der Waals surface area contributed by atoms with Gasteiger partial charge in [0.25, 0.3) is 5.91 Å². The molecular weight excluding hydrogens is 280 g/mol. The van der Waals surface area contributed by atoms with Crippen molar-refractivity contribution < 1.29 is 14.1 Å². The largest absolute Gasteiger partial charge is 0.478 e. The van der Waals surface area contributed by atoms with E-state index in [4.69, 9.17) is 9.26 Å². The van der Waals surface area contributed by atoms with E-state index < -0.39 is 5.60 Å². The van der Waals surface area contributed by atoms with Crippen molar-refractivity contribution in [3.63, 3.8) is 0 Å². The number of amides is 1. The molecule has 1 aliphatic rings. The van der Waals surface area contributed by atoms with Crippen LogP contribution in [0.25, 0.3) is 0 Å². The summed E-state index contributed by atoms with van der Waals surface area (Å²) in [5.74, 6) is 0.554. The first-order valence-electron chi connectivity index (χ1n) is 7.53. The minimum atomic E-state index is -0.948. The van der Waals surface area contributed by atoms with E-state index in [-0.39, 0.29) is 5.91 Å². The Labute approximate surface area is 129 Å². The van der Waals surface area contributed by atoms with Gasteiger partial charge in [0, 0.05) is 6.07 Å². The molecule has 0 saturated carbocycles. The summed E-state index contributed by atoms with van der Waals surface area (Å²) in [7, 11) is 0. The zero-order valence-corrected chi connectivity index (χ0v) is 12.9. The van der Waals surface area contributed by atoms with Crippen LogP contribution in [0.15, 0.2) is 35.1 Å². The minimum Gasteiger partial charge on any atom is -0.478 e. The lowest BCUT2D eigenvalue weighted by Crippen LogP contribution is -2.46. The van der Waals surface area contributed by atoms with Crippen LogP contribution in [0.4, 0.5) is 0 Å². The van der Waals surface area contributed by atoms with Gasteiger partial charge in [0.05, 0.1) is 6.54 Å². The third-order valence-electron chi connectivity index (χ3n) is 3.91. The Morgan fingerprint density at radius 3 is 2.91 bits per heavy atom. The molecule has 1 aromatic heterocycles. The minimum absolute atomic E-state index is 0.184. The number of benzene rings is 1. The molecule has 0 unspecified atom stereocenters. The molecule has 0 fully saturated rings. The van der Waals surface area contributed by atoms with Crippen molar-refractivity contribution >= 4 is 5.91 Å². The van der Waals surface area contributed by atoms with E-state index in [9.17, 15) is 4.79 Å². The van der Waals surface area contributed by atoms with Crippen molar-refractivity contribution in [3.8, 4) is 5.75 Å². The second-order valence-electron chi connectivity index (χ2n) is 6.07. The van der Waals surface area contributed by atoms with Crippen molar-refractivity contribution in [1.29, 1.82) is 0 Å². The third kappa shape index (κ3) is 3.13. The van der Waals surface area contributed by atoms with E-state index in [1.54, 1.807) is 19.9 Å². The Hall–Kier alpha value is -2.30. The van der Waals surface area contributed by atoms with Crippen LogP contribution in [0, 0.1) is 0 Å². The number of hydrogen-bond donors (Lipinski definition) is 1. The van der Waals surface area contributed by atoms with Crippen molar-refractivity contribution in [3.05, 3.63) is 47.3 Å². The van der Waals surface area contributed by atoms with Gasteiger partial charge in [0.15, 0.2) is 5.60 Å². The van der Waals surface area contributed by atoms with Crippen molar-refractivity contribution in [2.24, 2.45) is 0 Å². The highest BCUT2D eigenvalue weighted by molar-refractivity contribution is 5.84. The van der Waals surface area contributed by atoms with Gasteiger partial charge in [-0.2, -0.15) is 0 Å². The molecule has 5 nitrogen and oxygen atoms in total. The van der Waals surface area contributed by atoms with Crippen LogP contribution in [-0.4, -0.2) is 16.7 Å². The highest BCUT2D eigenvalue weighted by Crippen LogP contribution is 2.28. The summed E-state index contributed by atoms with van der Waals surface area (Å²) < 4.78 is 10.6. The Morgan fingerprint density at radius 1 is 1.32 bits per heavy atom. The molecule has 1 heterocycles. The Kier molecular flexibility index (Phi) is 3.88. The molecule has 116 valence electrons. The lowest BCUT2D eigenvalue weighted by Gasteiger charge is -2.25. The van der Waals surface area contributed by atoms with Gasteiger partial charge in [-0.05, 0) is 56.4 Å². The molecule has 1 aromatic carbocycles. The molecule has 0 aliphatic heterocycles. The Balaban J connectivity index is 1.63. The number of nitrogens with zero attached hydrogens (tertiary/aromatic N) is 1. The van der Waals surface area contributed by atoms with Gasteiger partial charge in [0.2, 0.25) is 0 Å². The summed E-state index contributed by atoms with van der Waals surface area (Å²) in [6.07, 6.45) is 4.90. The normalized spacial score (nSPS) is 13.7. The predicted octanol–water partition coefficient (Wildman–Crippen LogP) is 2.64. The van der Waals surface area contributed by atoms with E-state index in [1.165, 1.54) is 23.8 Å². The quantitative estimate of drug-likeness (QED) is 0.922. The van der Waals surface area contributed by atoms with Gasteiger partial charge >= 0.3 is 0 Å². The van der Waals surface area contributed by atoms with Crippen LogP contribution in [0.1, 0.15) is 37.1 Å². The molecule has 1 amide bonds. The molecule has 0 bridgehead atoms. The number of aromatic nitrogens is 1. The van der Waals surface area contributed by atoms with E-state index >= 15 is 0 Å². The lowest BCUT2D eigenvalue weighted by atomic mass is 10.1. The van der Waals surface area contributed by atoms with E-state index in [0.717, 1.165) is 18.6 Å². The van der Waals surface area contributed by atoms with Crippen LogP contribution in [0.5, 0.6) is 5.75 Å². The summed E-state index contributed by atoms with van der Waals surface area (Å²) in [4.78, 5) is 12.3. The summed E-state index contributed by atoms with van der Waals surface area (Å²) in [6.45, 7) is 3.85. The topological polar surface area (TPSA) is 64.4 Å². The number of ether oxygens (including phenoxy) is 1. The molecule has 5 heteroatoms. The zero-order valence-electron chi connectivity index (χ0n) is 12.9. The molecule has 0 radical (unpaired) electrons. The number of aryl methyl sites for hydroxylation is 2. The number of carbonyl (C=O) groups is 1. The van der Waals surface area contributed by atoms with Crippen LogP contribution in [-0.2, 0) is 24.2 Å². The molecule has 3 rings (SSSR count). The molecule has 22 heavy (non-hydrogen) atoms. The maximum atomic E-state index is 12.3. The molecule has 1 N–H and O–H groups in total. The van der Waals surface area contributed by atoms with Crippen LogP contribution in [0.3, 0.4) is 0 Å². The lowest BCUT2D eigenvalue weighted by molar-refractivity contribution is -0.134. The fourth-order valence-electron chi connectivity index (χ4n) is 2.67. The van der Waals surface area contributed by atoms with Gasteiger partial charge in [-0.3, -0.25) is 4.79 Å². The second kappa shape index (κ2) is 5.83.